The van der Waals surface area contributed by atoms with Crippen LogP contribution >= 0.6 is 11.3 Å². The van der Waals surface area contributed by atoms with E-state index in [1.165, 1.54) is 4.88 Å². The van der Waals surface area contributed by atoms with Gasteiger partial charge in [-0.15, -0.1) is 11.3 Å². The second kappa shape index (κ2) is 7.77. The van der Waals surface area contributed by atoms with Crippen molar-refractivity contribution >= 4 is 17.4 Å². The van der Waals surface area contributed by atoms with Gasteiger partial charge in [0.05, 0.1) is 31.4 Å². The summed E-state index contributed by atoms with van der Waals surface area (Å²) in [4.78, 5) is 15.5. The molecule has 1 aromatic heterocycles. The van der Waals surface area contributed by atoms with Crippen LogP contribution < -0.4 is 5.32 Å². The summed E-state index contributed by atoms with van der Waals surface area (Å²) in [5.74, 6) is 0. The Morgan fingerprint density at radius 2 is 2.48 bits per heavy atom. The molecule has 1 saturated heterocycles. The lowest BCUT2D eigenvalue weighted by atomic mass is 10.1. The maximum atomic E-state index is 12.5. The monoisotopic (exact) mass is 312 g/mol. The summed E-state index contributed by atoms with van der Waals surface area (Å²) in [5, 5.41) is 14.7. The molecule has 1 aliphatic rings. The Bertz CT molecular complexity index is 436. The van der Waals surface area contributed by atoms with E-state index in [1.54, 1.807) is 23.2 Å². The molecule has 1 aromatic rings. The van der Waals surface area contributed by atoms with E-state index in [1.807, 2.05) is 17.5 Å². The van der Waals surface area contributed by atoms with E-state index in [0.717, 1.165) is 6.42 Å². The summed E-state index contributed by atoms with van der Waals surface area (Å²) < 4.78 is 5.44. The van der Waals surface area contributed by atoms with Crippen LogP contribution in [0.25, 0.3) is 0 Å². The van der Waals surface area contributed by atoms with Crippen LogP contribution in [0.2, 0.25) is 0 Å². The number of morpholine rings is 1. The fraction of sp³-hybridized carbons (Fsp3) is 0.667. The number of aliphatic hydroxyl groups excluding tert-OH is 1. The van der Waals surface area contributed by atoms with Gasteiger partial charge in [0.15, 0.2) is 0 Å². The number of aliphatic hydroxyl groups is 1. The molecule has 0 spiro atoms. The predicted octanol–water partition coefficient (Wildman–Crippen LogP) is 2.38. The van der Waals surface area contributed by atoms with Crippen LogP contribution in [-0.2, 0) is 4.74 Å². The molecular formula is C15H24N2O3S. The Balaban J connectivity index is 1.99. The summed E-state index contributed by atoms with van der Waals surface area (Å²) in [5.41, 5.74) is 0. The van der Waals surface area contributed by atoms with Crippen LogP contribution in [0.5, 0.6) is 0 Å². The number of amides is 2. The Kier molecular flexibility index (Phi) is 6.02. The molecule has 0 unspecified atom stereocenters. The summed E-state index contributed by atoms with van der Waals surface area (Å²) in [7, 11) is 0. The number of urea groups is 1. The number of nitrogens with zero attached hydrogens (tertiary/aromatic N) is 1. The van der Waals surface area contributed by atoms with E-state index in [4.69, 9.17) is 4.74 Å². The molecule has 21 heavy (non-hydrogen) atoms. The van der Waals surface area contributed by atoms with Gasteiger partial charge in [0.2, 0.25) is 0 Å². The van der Waals surface area contributed by atoms with Gasteiger partial charge in [-0.2, -0.15) is 0 Å². The van der Waals surface area contributed by atoms with Crippen molar-refractivity contribution in [3.8, 4) is 0 Å². The fourth-order valence-electron chi connectivity index (χ4n) is 2.61. The van der Waals surface area contributed by atoms with Gasteiger partial charge in [-0.1, -0.05) is 13.0 Å². The van der Waals surface area contributed by atoms with Gasteiger partial charge in [0.1, 0.15) is 0 Å². The van der Waals surface area contributed by atoms with Crippen molar-refractivity contribution in [2.45, 2.75) is 44.9 Å². The van der Waals surface area contributed by atoms with E-state index < -0.39 is 6.10 Å². The quantitative estimate of drug-likeness (QED) is 0.877. The topological polar surface area (TPSA) is 61.8 Å². The van der Waals surface area contributed by atoms with E-state index in [0.29, 0.717) is 26.2 Å². The number of carbonyl (C=O) groups is 1. The van der Waals surface area contributed by atoms with Crippen LogP contribution in [0.3, 0.4) is 0 Å². The van der Waals surface area contributed by atoms with Crippen molar-refractivity contribution in [1.82, 2.24) is 10.2 Å². The van der Waals surface area contributed by atoms with Crippen LogP contribution in [0, 0.1) is 0 Å². The number of ether oxygens (including phenoxy) is 1. The molecule has 2 rings (SSSR count). The number of hydrogen-bond donors (Lipinski definition) is 2. The number of rotatable bonds is 5. The summed E-state index contributed by atoms with van der Waals surface area (Å²) >= 11 is 1.66. The third-order valence-electron chi connectivity index (χ3n) is 3.69. The van der Waals surface area contributed by atoms with Gasteiger partial charge >= 0.3 is 6.03 Å². The SMILES string of the molecule is CC[C@H](NC(=O)N1CCOC[C@H]1C[C@H](C)O)c1cccs1. The molecule has 0 radical (unpaired) electrons. The highest BCUT2D eigenvalue weighted by atomic mass is 32.1. The van der Waals surface area contributed by atoms with E-state index >= 15 is 0 Å². The first-order chi connectivity index (χ1) is 10.1. The zero-order valence-corrected chi connectivity index (χ0v) is 13.4. The Morgan fingerprint density at radius 1 is 1.67 bits per heavy atom. The van der Waals surface area contributed by atoms with Crippen LogP contribution in [0.1, 0.15) is 37.6 Å². The van der Waals surface area contributed by atoms with Gasteiger partial charge in [-0.25, -0.2) is 4.79 Å². The molecule has 0 bridgehead atoms. The van der Waals surface area contributed by atoms with Crippen LogP contribution in [0.15, 0.2) is 17.5 Å². The first-order valence-electron chi connectivity index (χ1n) is 7.48. The van der Waals surface area contributed by atoms with Gasteiger partial charge in [-0.05, 0) is 31.2 Å². The summed E-state index contributed by atoms with van der Waals surface area (Å²) in [6, 6.07) is 3.97. The number of nitrogens with one attached hydrogen (secondary N) is 1. The highest BCUT2D eigenvalue weighted by Gasteiger charge is 2.29. The lowest BCUT2D eigenvalue weighted by molar-refractivity contribution is -0.00484. The number of hydrogen-bond acceptors (Lipinski definition) is 4. The average molecular weight is 312 g/mol. The number of carbonyl (C=O) groups excluding carboxylic acids is 1. The van der Waals surface area contributed by atoms with Crippen LogP contribution in [-0.4, -0.2) is 47.9 Å². The van der Waals surface area contributed by atoms with Crippen molar-refractivity contribution < 1.29 is 14.6 Å². The van der Waals surface area contributed by atoms with Gasteiger partial charge in [0, 0.05) is 11.4 Å². The van der Waals surface area contributed by atoms with Crippen LogP contribution in [0.4, 0.5) is 4.79 Å². The molecule has 0 saturated carbocycles. The first-order valence-corrected chi connectivity index (χ1v) is 8.36. The van der Waals surface area contributed by atoms with E-state index in [9.17, 15) is 9.90 Å². The van der Waals surface area contributed by atoms with Crippen molar-refractivity contribution in [3.63, 3.8) is 0 Å². The molecule has 5 nitrogen and oxygen atoms in total. The highest BCUT2D eigenvalue weighted by molar-refractivity contribution is 7.10. The molecule has 118 valence electrons. The second-order valence-electron chi connectivity index (χ2n) is 5.43. The molecule has 3 atom stereocenters. The van der Waals surface area contributed by atoms with Crippen molar-refractivity contribution in [1.29, 1.82) is 0 Å². The maximum Gasteiger partial charge on any atom is 0.318 e. The Morgan fingerprint density at radius 3 is 3.10 bits per heavy atom. The lowest BCUT2D eigenvalue weighted by Gasteiger charge is -2.37. The highest BCUT2D eigenvalue weighted by Crippen LogP contribution is 2.22. The lowest BCUT2D eigenvalue weighted by Crippen LogP contribution is -2.53. The first kappa shape index (κ1) is 16.3. The largest absolute Gasteiger partial charge is 0.393 e. The van der Waals surface area contributed by atoms with Gasteiger partial charge in [-0.3, -0.25) is 0 Å². The number of thiophene rings is 1. The third kappa shape index (κ3) is 4.43. The minimum atomic E-state index is -0.439. The minimum absolute atomic E-state index is 0.0487. The van der Waals surface area contributed by atoms with Crippen molar-refractivity contribution in [2.75, 3.05) is 19.8 Å². The molecule has 0 aliphatic carbocycles. The molecular weight excluding hydrogens is 288 g/mol. The molecule has 2 amide bonds. The normalized spacial score (nSPS) is 21.9. The van der Waals surface area contributed by atoms with Crippen molar-refractivity contribution in [3.05, 3.63) is 22.4 Å². The smallest absolute Gasteiger partial charge is 0.318 e. The summed E-state index contributed by atoms with van der Waals surface area (Å²) in [6.45, 7) is 5.43. The molecule has 2 N–H and O–H groups in total. The Labute approximate surface area is 129 Å². The molecule has 1 aliphatic heterocycles. The van der Waals surface area contributed by atoms with E-state index in [2.05, 4.69) is 12.2 Å². The molecule has 2 heterocycles. The average Bonchev–Trinajstić information content (AvgIpc) is 2.98. The predicted molar refractivity (Wildman–Crippen MR) is 83.5 cm³/mol. The molecule has 0 aromatic carbocycles. The Hall–Kier alpha value is -1.11. The minimum Gasteiger partial charge on any atom is -0.393 e. The molecule has 6 heteroatoms. The van der Waals surface area contributed by atoms with E-state index in [-0.39, 0.29) is 18.1 Å². The second-order valence-corrected chi connectivity index (χ2v) is 6.41. The van der Waals surface area contributed by atoms with Gasteiger partial charge < -0.3 is 20.1 Å². The fourth-order valence-corrected chi connectivity index (χ4v) is 3.47. The zero-order valence-electron chi connectivity index (χ0n) is 12.6. The molecule has 1 fully saturated rings. The van der Waals surface area contributed by atoms with Crippen molar-refractivity contribution in [2.24, 2.45) is 0 Å². The standard InChI is InChI=1S/C15H24N2O3S/c1-3-13(14-5-4-8-21-14)16-15(19)17-6-7-20-10-12(17)9-11(2)18/h4-5,8,11-13,18H,3,6-7,9-10H2,1-2H3,(H,16,19)/t11-,12+,13-/m0/s1. The zero-order chi connectivity index (χ0) is 15.2. The third-order valence-corrected chi connectivity index (χ3v) is 4.68. The summed E-state index contributed by atoms with van der Waals surface area (Å²) in [6.07, 6.45) is 0.965. The maximum absolute atomic E-state index is 12.5. The van der Waals surface area contributed by atoms with Gasteiger partial charge in [0.25, 0.3) is 0 Å².